The molecule has 0 aliphatic rings. The van der Waals surface area contributed by atoms with Crippen molar-refractivity contribution < 1.29 is 14.3 Å². The number of aliphatic imine (C=N–C) groups is 1. The maximum atomic E-state index is 11.3. The summed E-state index contributed by atoms with van der Waals surface area (Å²) in [5.41, 5.74) is 7.51. The summed E-state index contributed by atoms with van der Waals surface area (Å²) in [6, 6.07) is 12.7. The van der Waals surface area contributed by atoms with Gasteiger partial charge in [0.1, 0.15) is 0 Å². The number of anilines is 1. The van der Waals surface area contributed by atoms with E-state index >= 15 is 0 Å². The van der Waals surface area contributed by atoms with Gasteiger partial charge in [0.2, 0.25) is 5.91 Å². The molecule has 2 rings (SSSR count). The van der Waals surface area contributed by atoms with E-state index in [0.29, 0.717) is 42.7 Å². The Hall–Kier alpha value is -2.49. The number of ether oxygens (including phenoxy) is 2. The van der Waals surface area contributed by atoms with E-state index < -0.39 is 5.91 Å². The fourth-order valence-electron chi connectivity index (χ4n) is 2.46. The minimum Gasteiger partial charge on any atom is -0.493 e. The Bertz CT molecular complexity index is 812. The number of methoxy groups -OCH3 is 1. The van der Waals surface area contributed by atoms with Gasteiger partial charge in [0.25, 0.3) is 0 Å². The largest absolute Gasteiger partial charge is 0.493 e. The topological polar surface area (TPSA) is 98.0 Å². The van der Waals surface area contributed by atoms with Gasteiger partial charge in [-0.05, 0) is 43.7 Å². The van der Waals surface area contributed by atoms with Crippen LogP contribution in [0.1, 0.15) is 29.8 Å². The Morgan fingerprint density at radius 3 is 2.57 bits per heavy atom. The van der Waals surface area contributed by atoms with Crippen LogP contribution in [-0.4, -0.2) is 32.1 Å². The fraction of sp³-hybridized carbons (Fsp3) is 0.300. The molecule has 7 nitrogen and oxygen atoms in total. The highest BCUT2D eigenvalue weighted by Gasteiger charge is 2.07. The molecule has 0 aromatic heterocycles. The number of hydrogen-bond acceptors (Lipinski definition) is 4. The van der Waals surface area contributed by atoms with Gasteiger partial charge in [0.05, 0.1) is 20.3 Å². The first kappa shape index (κ1) is 23.5. The van der Waals surface area contributed by atoms with E-state index in [1.54, 1.807) is 25.3 Å². The van der Waals surface area contributed by atoms with Crippen molar-refractivity contribution in [2.75, 3.05) is 25.6 Å². The summed E-state index contributed by atoms with van der Waals surface area (Å²) in [6.45, 7) is 5.60. The van der Waals surface area contributed by atoms with Gasteiger partial charge < -0.3 is 25.8 Å². The maximum absolute atomic E-state index is 11.3. The molecule has 0 bridgehead atoms. The first-order valence-corrected chi connectivity index (χ1v) is 8.82. The van der Waals surface area contributed by atoms with Gasteiger partial charge in [-0.15, -0.1) is 24.0 Å². The molecular weight excluding hydrogens is 471 g/mol. The molecule has 1 amide bonds. The Morgan fingerprint density at radius 2 is 1.93 bits per heavy atom. The van der Waals surface area contributed by atoms with Crippen molar-refractivity contribution in [2.45, 2.75) is 20.4 Å². The molecule has 8 heteroatoms. The van der Waals surface area contributed by atoms with Crippen LogP contribution >= 0.6 is 24.0 Å². The number of benzene rings is 2. The number of primary amides is 1. The highest BCUT2D eigenvalue weighted by Crippen LogP contribution is 2.30. The molecule has 0 atom stereocenters. The van der Waals surface area contributed by atoms with E-state index in [4.69, 9.17) is 15.2 Å². The monoisotopic (exact) mass is 498 g/mol. The van der Waals surface area contributed by atoms with E-state index in [2.05, 4.69) is 15.6 Å². The predicted molar refractivity (Wildman–Crippen MR) is 123 cm³/mol. The molecule has 0 aliphatic carbocycles. The quantitative estimate of drug-likeness (QED) is 0.295. The minimum atomic E-state index is -0.452. The highest BCUT2D eigenvalue weighted by molar-refractivity contribution is 14.0. The lowest BCUT2D eigenvalue weighted by Gasteiger charge is -2.14. The molecule has 0 saturated heterocycles. The average molecular weight is 498 g/mol. The Morgan fingerprint density at radius 1 is 1.14 bits per heavy atom. The van der Waals surface area contributed by atoms with Crippen molar-refractivity contribution >= 4 is 41.5 Å². The Labute approximate surface area is 182 Å². The lowest BCUT2D eigenvalue weighted by Crippen LogP contribution is -2.30. The van der Waals surface area contributed by atoms with E-state index in [1.807, 2.05) is 38.1 Å². The van der Waals surface area contributed by atoms with Crippen molar-refractivity contribution in [1.29, 1.82) is 0 Å². The van der Waals surface area contributed by atoms with Crippen LogP contribution in [0.4, 0.5) is 5.69 Å². The molecule has 0 unspecified atom stereocenters. The molecular formula is C20H27IN4O3. The maximum Gasteiger partial charge on any atom is 0.248 e. The van der Waals surface area contributed by atoms with Crippen molar-refractivity contribution in [3.8, 4) is 11.5 Å². The number of halogens is 1. The van der Waals surface area contributed by atoms with Crippen LogP contribution in [0.5, 0.6) is 11.5 Å². The van der Waals surface area contributed by atoms with Gasteiger partial charge in [-0.1, -0.05) is 12.1 Å². The van der Waals surface area contributed by atoms with Gasteiger partial charge in [0.15, 0.2) is 17.5 Å². The minimum absolute atomic E-state index is 0. The van der Waals surface area contributed by atoms with Crippen molar-refractivity contribution in [1.82, 2.24) is 5.32 Å². The summed E-state index contributed by atoms with van der Waals surface area (Å²) in [5.74, 6) is 1.50. The van der Waals surface area contributed by atoms with Gasteiger partial charge >= 0.3 is 0 Å². The summed E-state index contributed by atoms with van der Waals surface area (Å²) in [4.78, 5) is 15.9. The van der Waals surface area contributed by atoms with E-state index in [-0.39, 0.29) is 24.0 Å². The molecule has 0 heterocycles. The summed E-state index contributed by atoms with van der Waals surface area (Å²) >= 11 is 0. The van der Waals surface area contributed by atoms with Crippen molar-refractivity contribution in [3.05, 3.63) is 53.6 Å². The predicted octanol–water partition coefficient (Wildman–Crippen LogP) is 3.39. The van der Waals surface area contributed by atoms with Crippen LogP contribution in [0.2, 0.25) is 0 Å². The summed E-state index contributed by atoms with van der Waals surface area (Å²) < 4.78 is 10.9. The Balaban J connectivity index is 0.00000392. The molecule has 28 heavy (non-hydrogen) atoms. The molecule has 152 valence electrons. The number of hydrogen-bond donors (Lipinski definition) is 3. The van der Waals surface area contributed by atoms with Crippen molar-refractivity contribution in [2.24, 2.45) is 10.7 Å². The molecule has 0 saturated carbocycles. The van der Waals surface area contributed by atoms with E-state index in [1.165, 1.54) is 0 Å². The summed E-state index contributed by atoms with van der Waals surface area (Å²) in [7, 11) is 1.60. The first-order valence-electron chi connectivity index (χ1n) is 8.82. The molecule has 2 aromatic carbocycles. The molecule has 2 aromatic rings. The van der Waals surface area contributed by atoms with E-state index in [0.717, 1.165) is 11.3 Å². The number of guanidine groups is 1. The zero-order valence-corrected chi connectivity index (χ0v) is 18.7. The molecule has 0 spiro atoms. The van der Waals surface area contributed by atoms with Crippen LogP contribution < -0.4 is 25.8 Å². The number of nitrogens with zero attached hydrogens (tertiary/aromatic N) is 1. The number of nitrogens with one attached hydrogen (secondary N) is 2. The second kappa shape index (κ2) is 12.1. The molecule has 0 radical (unpaired) electrons. The van der Waals surface area contributed by atoms with Gasteiger partial charge in [-0.2, -0.15) is 0 Å². The second-order valence-electron chi connectivity index (χ2n) is 5.68. The fourth-order valence-corrected chi connectivity index (χ4v) is 2.46. The molecule has 0 aliphatic heterocycles. The van der Waals surface area contributed by atoms with Gasteiger partial charge in [0, 0.05) is 23.9 Å². The number of rotatable bonds is 8. The number of carbonyl (C=O) groups excluding carboxylic acids is 1. The SMILES string of the molecule is CCNC(=NCc1cccc(C(N)=O)c1)Nc1ccc(OCC)c(OC)c1.I. The van der Waals surface area contributed by atoms with Crippen molar-refractivity contribution in [3.63, 3.8) is 0 Å². The number of amides is 1. The first-order chi connectivity index (χ1) is 13.1. The lowest BCUT2D eigenvalue weighted by molar-refractivity contribution is 0.1000. The number of nitrogens with two attached hydrogens (primary N) is 1. The molecule has 0 fully saturated rings. The van der Waals surface area contributed by atoms with Crippen LogP contribution in [0.15, 0.2) is 47.5 Å². The third kappa shape index (κ3) is 6.91. The third-order valence-corrected chi connectivity index (χ3v) is 3.70. The van der Waals surface area contributed by atoms with Crippen LogP contribution in [-0.2, 0) is 6.54 Å². The smallest absolute Gasteiger partial charge is 0.248 e. The zero-order chi connectivity index (χ0) is 19.6. The average Bonchev–Trinajstić information content (AvgIpc) is 2.67. The standard InChI is InChI=1S/C20H26N4O3.HI/c1-4-22-20(23-13-14-7-6-8-15(11-14)19(21)25)24-16-9-10-17(27-5-2)18(12-16)26-3;/h6-12H,4-5,13H2,1-3H3,(H2,21,25)(H2,22,23,24);1H. The van der Waals surface area contributed by atoms with E-state index in [9.17, 15) is 4.79 Å². The van der Waals surface area contributed by atoms with Gasteiger partial charge in [-0.25, -0.2) is 4.99 Å². The summed E-state index contributed by atoms with van der Waals surface area (Å²) in [5, 5.41) is 6.43. The highest BCUT2D eigenvalue weighted by atomic mass is 127. The molecule has 4 N–H and O–H groups in total. The zero-order valence-electron chi connectivity index (χ0n) is 16.3. The van der Waals surface area contributed by atoms with Gasteiger partial charge in [-0.3, -0.25) is 4.79 Å². The van der Waals surface area contributed by atoms with Crippen LogP contribution in [0, 0.1) is 0 Å². The van der Waals surface area contributed by atoms with Crippen LogP contribution in [0.25, 0.3) is 0 Å². The third-order valence-electron chi connectivity index (χ3n) is 3.70. The Kier molecular flexibility index (Phi) is 10.1. The lowest BCUT2D eigenvalue weighted by atomic mass is 10.1. The summed E-state index contributed by atoms with van der Waals surface area (Å²) in [6.07, 6.45) is 0. The normalized spacial score (nSPS) is 10.6. The number of carbonyl (C=O) groups is 1. The second-order valence-corrected chi connectivity index (χ2v) is 5.68. The van der Waals surface area contributed by atoms with Crippen LogP contribution in [0.3, 0.4) is 0 Å².